The van der Waals surface area contributed by atoms with Crippen molar-refractivity contribution in [2.24, 2.45) is 0 Å². The molecule has 0 aliphatic rings. The van der Waals surface area contributed by atoms with Gasteiger partial charge in [0, 0.05) is 19.3 Å². The third-order valence-electron chi connectivity index (χ3n) is 11.3. The van der Waals surface area contributed by atoms with Crippen LogP contribution in [-0.2, 0) is 28.6 Å². The van der Waals surface area contributed by atoms with E-state index >= 15 is 0 Å². The van der Waals surface area contributed by atoms with Crippen LogP contribution in [0.3, 0.4) is 0 Å². The Hall–Kier alpha value is -2.63. The summed E-state index contributed by atoms with van der Waals surface area (Å²) in [6, 6.07) is 0. The summed E-state index contributed by atoms with van der Waals surface area (Å²) in [5.41, 5.74) is 0. The Morgan fingerprint density at radius 1 is 0.344 bits per heavy atom. The second-order valence-electron chi connectivity index (χ2n) is 17.4. The zero-order valence-corrected chi connectivity index (χ0v) is 40.4. The van der Waals surface area contributed by atoms with Gasteiger partial charge in [0.2, 0.25) is 0 Å². The van der Waals surface area contributed by atoms with Crippen molar-refractivity contribution in [1.82, 2.24) is 0 Å². The summed E-state index contributed by atoms with van der Waals surface area (Å²) < 4.78 is 16.8. The molecule has 0 aliphatic heterocycles. The summed E-state index contributed by atoms with van der Waals surface area (Å²) in [4.78, 5) is 37.9. The van der Waals surface area contributed by atoms with Gasteiger partial charge in [-0.2, -0.15) is 0 Å². The molecule has 0 spiro atoms. The van der Waals surface area contributed by atoms with Crippen LogP contribution in [0, 0.1) is 0 Å². The first-order valence-electron chi connectivity index (χ1n) is 26.1. The van der Waals surface area contributed by atoms with Gasteiger partial charge in [0.05, 0.1) is 0 Å². The van der Waals surface area contributed by atoms with Crippen molar-refractivity contribution < 1.29 is 28.6 Å². The third-order valence-corrected chi connectivity index (χ3v) is 11.3. The number of rotatable bonds is 47. The number of carbonyl (C=O) groups excluding carboxylic acids is 3. The Morgan fingerprint density at radius 2 is 0.639 bits per heavy atom. The molecule has 6 heteroatoms. The van der Waals surface area contributed by atoms with Crippen molar-refractivity contribution in [2.45, 2.75) is 271 Å². The molecule has 61 heavy (non-hydrogen) atoms. The fourth-order valence-electron chi connectivity index (χ4n) is 7.39. The average Bonchev–Trinajstić information content (AvgIpc) is 3.26. The summed E-state index contributed by atoms with van der Waals surface area (Å²) in [5, 5.41) is 0. The maximum absolute atomic E-state index is 12.8. The molecule has 0 fully saturated rings. The van der Waals surface area contributed by atoms with E-state index in [2.05, 4.69) is 69.4 Å². The lowest BCUT2D eigenvalue weighted by atomic mass is 10.1. The molecule has 0 radical (unpaired) electrons. The van der Waals surface area contributed by atoms with Gasteiger partial charge >= 0.3 is 17.9 Å². The van der Waals surface area contributed by atoms with E-state index in [0.717, 1.165) is 96.3 Å². The molecule has 0 heterocycles. The minimum Gasteiger partial charge on any atom is -0.462 e. The van der Waals surface area contributed by atoms with Crippen LogP contribution in [0.1, 0.15) is 265 Å². The zero-order chi connectivity index (χ0) is 44.4. The Bertz CT molecular complexity index is 1070. The Labute approximate surface area is 378 Å². The van der Waals surface area contributed by atoms with Gasteiger partial charge in [-0.05, 0) is 77.0 Å². The number of carbonyl (C=O) groups is 3. The van der Waals surface area contributed by atoms with Crippen LogP contribution in [-0.4, -0.2) is 37.2 Å². The lowest BCUT2D eigenvalue weighted by molar-refractivity contribution is -0.167. The topological polar surface area (TPSA) is 78.9 Å². The van der Waals surface area contributed by atoms with E-state index in [1.807, 2.05) is 0 Å². The second-order valence-corrected chi connectivity index (χ2v) is 17.4. The summed E-state index contributed by atoms with van der Waals surface area (Å²) in [6.07, 6.45) is 59.6. The number of unbranched alkanes of at least 4 members (excludes halogenated alkanes) is 28. The lowest BCUT2D eigenvalue weighted by Crippen LogP contribution is -2.30. The molecule has 6 nitrogen and oxygen atoms in total. The Balaban J connectivity index is 4.30. The fraction of sp³-hybridized carbons (Fsp3) is 0.800. The Morgan fingerprint density at radius 3 is 1.02 bits per heavy atom. The van der Waals surface area contributed by atoms with E-state index in [1.165, 1.54) is 128 Å². The van der Waals surface area contributed by atoms with Crippen LogP contribution in [0.15, 0.2) is 48.6 Å². The molecule has 0 amide bonds. The monoisotopic (exact) mass is 855 g/mol. The second kappa shape index (κ2) is 50.0. The van der Waals surface area contributed by atoms with Gasteiger partial charge in [-0.25, -0.2) is 0 Å². The van der Waals surface area contributed by atoms with E-state index in [9.17, 15) is 14.4 Å². The maximum Gasteiger partial charge on any atom is 0.306 e. The highest BCUT2D eigenvalue weighted by molar-refractivity contribution is 5.71. The van der Waals surface area contributed by atoms with E-state index in [-0.39, 0.29) is 31.1 Å². The van der Waals surface area contributed by atoms with Gasteiger partial charge in [-0.1, -0.05) is 217 Å². The lowest BCUT2D eigenvalue weighted by Gasteiger charge is -2.18. The summed E-state index contributed by atoms with van der Waals surface area (Å²) in [6.45, 7) is 6.50. The molecule has 0 saturated carbocycles. The summed E-state index contributed by atoms with van der Waals surface area (Å²) >= 11 is 0. The van der Waals surface area contributed by atoms with Crippen molar-refractivity contribution in [3.63, 3.8) is 0 Å². The van der Waals surface area contributed by atoms with Crippen LogP contribution in [0.2, 0.25) is 0 Å². The molecule has 1 unspecified atom stereocenters. The highest BCUT2D eigenvalue weighted by atomic mass is 16.6. The molecular formula is C55H98O6. The molecular weight excluding hydrogens is 757 g/mol. The Kier molecular flexibility index (Phi) is 47.9. The van der Waals surface area contributed by atoms with Crippen molar-refractivity contribution in [1.29, 1.82) is 0 Å². The van der Waals surface area contributed by atoms with Gasteiger partial charge in [-0.15, -0.1) is 0 Å². The van der Waals surface area contributed by atoms with Crippen molar-refractivity contribution in [2.75, 3.05) is 13.2 Å². The van der Waals surface area contributed by atoms with Crippen LogP contribution >= 0.6 is 0 Å². The van der Waals surface area contributed by atoms with Crippen LogP contribution < -0.4 is 0 Å². The zero-order valence-electron chi connectivity index (χ0n) is 40.4. The average molecular weight is 855 g/mol. The number of esters is 3. The molecule has 0 aromatic rings. The molecule has 0 N–H and O–H groups in total. The molecule has 0 saturated heterocycles. The van der Waals surface area contributed by atoms with E-state index in [4.69, 9.17) is 14.2 Å². The molecule has 1 atom stereocenters. The number of ether oxygens (including phenoxy) is 3. The van der Waals surface area contributed by atoms with E-state index < -0.39 is 6.10 Å². The normalized spacial score (nSPS) is 12.4. The van der Waals surface area contributed by atoms with E-state index in [0.29, 0.717) is 19.3 Å². The molecule has 0 bridgehead atoms. The quantitative estimate of drug-likeness (QED) is 0.0263. The van der Waals surface area contributed by atoms with Crippen LogP contribution in [0.25, 0.3) is 0 Å². The van der Waals surface area contributed by atoms with Gasteiger partial charge in [0.15, 0.2) is 6.10 Å². The highest BCUT2D eigenvalue weighted by Crippen LogP contribution is 2.15. The first kappa shape index (κ1) is 58.4. The maximum atomic E-state index is 12.8. The van der Waals surface area contributed by atoms with Crippen LogP contribution in [0.4, 0.5) is 0 Å². The third kappa shape index (κ3) is 48.3. The fourth-order valence-corrected chi connectivity index (χ4v) is 7.39. The highest BCUT2D eigenvalue weighted by Gasteiger charge is 2.19. The first-order valence-corrected chi connectivity index (χ1v) is 26.1. The standard InChI is InChI=1S/C55H98O6/c1-4-7-10-13-16-19-21-23-25-26-27-28-30-31-33-36-39-42-45-48-54(57)60-51-52(50-59-53(56)47-44-41-38-35-18-15-12-9-6-3)61-55(58)49-46-43-40-37-34-32-29-24-22-20-17-14-11-8-5-2/h8,11,17,20,23-25,29,52H,4-7,9-10,12-16,18-19,21-22,26-28,30-51H2,1-3H3/b11-8-,20-17-,25-23-,29-24-. The number of hydrogen-bond donors (Lipinski definition) is 0. The SMILES string of the molecule is CC/C=C\C/C=C\C/C=C\CCCCCCCC(=O)OC(COC(=O)CCCCCCCCCCC)COC(=O)CCCCCCCCCCC/C=C\CCCCCCCC. The van der Waals surface area contributed by atoms with Crippen LogP contribution in [0.5, 0.6) is 0 Å². The predicted octanol–water partition coefficient (Wildman–Crippen LogP) is 17.1. The van der Waals surface area contributed by atoms with Gasteiger partial charge < -0.3 is 14.2 Å². The molecule has 354 valence electrons. The van der Waals surface area contributed by atoms with Gasteiger partial charge in [-0.3, -0.25) is 14.4 Å². The minimum atomic E-state index is -0.779. The van der Waals surface area contributed by atoms with E-state index in [1.54, 1.807) is 0 Å². The summed E-state index contributed by atoms with van der Waals surface area (Å²) in [5.74, 6) is -0.894. The van der Waals surface area contributed by atoms with Crippen molar-refractivity contribution in [3.05, 3.63) is 48.6 Å². The number of allylic oxidation sites excluding steroid dienone is 8. The van der Waals surface area contributed by atoms with Crippen molar-refractivity contribution >= 4 is 17.9 Å². The predicted molar refractivity (Wildman–Crippen MR) is 261 cm³/mol. The molecule has 0 aromatic heterocycles. The first-order chi connectivity index (χ1) is 30.0. The van der Waals surface area contributed by atoms with Gasteiger partial charge in [0.1, 0.15) is 13.2 Å². The summed E-state index contributed by atoms with van der Waals surface area (Å²) in [7, 11) is 0. The van der Waals surface area contributed by atoms with Crippen molar-refractivity contribution in [3.8, 4) is 0 Å². The minimum absolute atomic E-state index is 0.0789. The molecule has 0 aromatic carbocycles. The molecule has 0 aliphatic carbocycles. The smallest absolute Gasteiger partial charge is 0.306 e. The largest absolute Gasteiger partial charge is 0.462 e. The number of hydrogen-bond acceptors (Lipinski definition) is 6. The molecule has 0 rings (SSSR count). The van der Waals surface area contributed by atoms with Gasteiger partial charge in [0.25, 0.3) is 0 Å².